The molecule has 34 heavy (non-hydrogen) atoms. The summed E-state index contributed by atoms with van der Waals surface area (Å²) in [5, 5.41) is 4.45. The van der Waals surface area contributed by atoms with Crippen molar-refractivity contribution in [2.24, 2.45) is 0 Å². The van der Waals surface area contributed by atoms with Crippen molar-refractivity contribution in [2.75, 3.05) is 4.31 Å². The van der Waals surface area contributed by atoms with Crippen molar-refractivity contribution in [2.45, 2.75) is 30.8 Å². The van der Waals surface area contributed by atoms with Gasteiger partial charge in [-0.25, -0.2) is 22.2 Å². The fourth-order valence-electron chi connectivity index (χ4n) is 3.80. The monoisotopic (exact) mass is 502 g/mol. The largest absolute Gasteiger partial charge is 0.264 e. The maximum Gasteiger partial charge on any atom is 0.264 e. The molecular formula is C24H21ClF2N4O2S. The molecule has 0 saturated heterocycles. The van der Waals surface area contributed by atoms with Crippen molar-refractivity contribution in [3.05, 3.63) is 107 Å². The molecule has 0 fully saturated rings. The van der Waals surface area contributed by atoms with Crippen LogP contribution in [0.15, 0.2) is 84.3 Å². The lowest BCUT2D eigenvalue weighted by Crippen LogP contribution is -2.35. The minimum absolute atomic E-state index is 0.0903. The molecule has 0 N–H and O–H groups in total. The molecule has 4 rings (SSSR count). The molecule has 4 aromatic rings. The van der Waals surface area contributed by atoms with Crippen LogP contribution in [0.5, 0.6) is 0 Å². The number of halogens is 3. The minimum Gasteiger partial charge on any atom is -0.256 e. The lowest BCUT2D eigenvalue weighted by molar-refractivity contribution is 0.568. The van der Waals surface area contributed by atoms with E-state index < -0.39 is 27.7 Å². The number of nitrogens with zero attached hydrogens (tertiary/aromatic N) is 4. The first-order chi connectivity index (χ1) is 16.3. The summed E-state index contributed by atoms with van der Waals surface area (Å²) in [6.45, 7) is 2.16. The highest BCUT2D eigenvalue weighted by atomic mass is 35.5. The number of rotatable bonds is 8. The van der Waals surface area contributed by atoms with E-state index >= 15 is 0 Å². The van der Waals surface area contributed by atoms with Crippen molar-refractivity contribution in [1.82, 2.24) is 14.8 Å². The van der Waals surface area contributed by atoms with Crippen molar-refractivity contribution >= 4 is 27.3 Å². The van der Waals surface area contributed by atoms with Gasteiger partial charge < -0.3 is 0 Å². The fourth-order valence-corrected chi connectivity index (χ4v) is 5.56. The maximum atomic E-state index is 14.9. The second-order valence-electron chi connectivity index (χ2n) is 7.63. The number of anilines is 1. The molecule has 1 heterocycles. The van der Waals surface area contributed by atoms with Crippen LogP contribution in [0.1, 0.15) is 24.1 Å². The van der Waals surface area contributed by atoms with Gasteiger partial charge in [-0.3, -0.25) is 8.99 Å². The average molecular weight is 503 g/mol. The highest BCUT2D eigenvalue weighted by Crippen LogP contribution is 2.36. The zero-order valence-corrected chi connectivity index (χ0v) is 19.7. The molecule has 0 aliphatic rings. The molecule has 0 amide bonds. The van der Waals surface area contributed by atoms with Gasteiger partial charge in [0.2, 0.25) is 0 Å². The van der Waals surface area contributed by atoms with Crippen molar-refractivity contribution in [1.29, 1.82) is 0 Å². The van der Waals surface area contributed by atoms with E-state index in [-0.39, 0.29) is 10.6 Å². The number of hydrogen-bond acceptors (Lipinski definition) is 4. The smallest absolute Gasteiger partial charge is 0.256 e. The molecule has 0 aliphatic carbocycles. The zero-order valence-electron chi connectivity index (χ0n) is 18.1. The van der Waals surface area contributed by atoms with E-state index in [2.05, 4.69) is 10.1 Å². The van der Waals surface area contributed by atoms with Gasteiger partial charge in [-0.2, -0.15) is 5.10 Å². The van der Waals surface area contributed by atoms with E-state index in [0.717, 1.165) is 28.1 Å². The second kappa shape index (κ2) is 9.90. The molecule has 10 heteroatoms. The molecule has 1 aromatic heterocycles. The summed E-state index contributed by atoms with van der Waals surface area (Å²) in [6.07, 6.45) is 3.55. The number of hydrogen-bond donors (Lipinski definition) is 0. The van der Waals surface area contributed by atoms with Gasteiger partial charge in [0.1, 0.15) is 24.3 Å². The van der Waals surface area contributed by atoms with E-state index in [1.807, 2.05) is 12.1 Å². The Morgan fingerprint density at radius 3 is 2.50 bits per heavy atom. The predicted octanol–water partition coefficient (Wildman–Crippen LogP) is 5.41. The molecule has 1 atom stereocenters. The third-order valence-electron chi connectivity index (χ3n) is 5.45. The number of aryl methyl sites for hydroxylation is 2. The first-order valence-corrected chi connectivity index (χ1v) is 12.2. The highest BCUT2D eigenvalue weighted by Gasteiger charge is 2.33. The number of benzene rings is 3. The standard InChI is InChI=1S/C24H21ClF2N4O2S/c1-17(22-5-3-2-4-18(22)12-13-30-16-28-15-29-30)31(24-14-20(26)8-11-23(24)27)34(32,33)21-9-6-19(25)7-10-21/h2-11,14-17H,12-13H2,1H3. The molecule has 0 saturated carbocycles. The Morgan fingerprint density at radius 2 is 1.79 bits per heavy atom. The molecule has 0 aliphatic heterocycles. The summed E-state index contributed by atoms with van der Waals surface area (Å²) >= 11 is 5.93. The van der Waals surface area contributed by atoms with Crippen LogP contribution in [0.2, 0.25) is 5.02 Å². The highest BCUT2D eigenvalue weighted by molar-refractivity contribution is 7.92. The SMILES string of the molecule is CC(c1ccccc1CCn1cncn1)N(c1cc(F)ccc1F)S(=O)(=O)c1ccc(Cl)cc1. The quantitative estimate of drug-likeness (QED) is 0.323. The van der Waals surface area contributed by atoms with Gasteiger partial charge in [-0.1, -0.05) is 35.9 Å². The molecular weight excluding hydrogens is 482 g/mol. The molecule has 1 unspecified atom stereocenters. The van der Waals surface area contributed by atoms with E-state index in [1.54, 1.807) is 30.1 Å². The Morgan fingerprint density at radius 1 is 1.06 bits per heavy atom. The fraction of sp³-hybridized carbons (Fsp3) is 0.167. The average Bonchev–Trinajstić information content (AvgIpc) is 3.34. The van der Waals surface area contributed by atoms with Gasteiger partial charge in [0.15, 0.2) is 0 Å². The lowest BCUT2D eigenvalue weighted by Gasteiger charge is -2.32. The Balaban J connectivity index is 1.81. The van der Waals surface area contributed by atoms with E-state index in [9.17, 15) is 17.2 Å². The van der Waals surface area contributed by atoms with Crippen molar-refractivity contribution < 1.29 is 17.2 Å². The van der Waals surface area contributed by atoms with Gasteiger partial charge in [0, 0.05) is 17.6 Å². The Kier molecular flexibility index (Phi) is 6.95. The lowest BCUT2D eigenvalue weighted by atomic mass is 9.98. The first kappa shape index (κ1) is 23.8. The van der Waals surface area contributed by atoms with Crippen LogP contribution >= 0.6 is 11.6 Å². The van der Waals surface area contributed by atoms with Gasteiger partial charge in [-0.05, 0) is 60.9 Å². The summed E-state index contributed by atoms with van der Waals surface area (Å²) in [5.41, 5.74) is 1.12. The van der Waals surface area contributed by atoms with Gasteiger partial charge in [0.05, 0.1) is 16.6 Å². The van der Waals surface area contributed by atoms with Gasteiger partial charge in [-0.15, -0.1) is 0 Å². The van der Waals surface area contributed by atoms with Crippen LogP contribution in [0, 0.1) is 11.6 Å². The topological polar surface area (TPSA) is 68.1 Å². The summed E-state index contributed by atoms with van der Waals surface area (Å²) in [7, 11) is -4.29. The Hall–Kier alpha value is -3.30. The summed E-state index contributed by atoms with van der Waals surface area (Å²) in [5.74, 6) is -1.61. The van der Waals surface area contributed by atoms with Crippen LogP contribution in [0.25, 0.3) is 0 Å². The Bertz CT molecular complexity index is 1380. The molecule has 6 nitrogen and oxygen atoms in total. The third-order valence-corrected chi connectivity index (χ3v) is 7.60. The molecule has 0 bridgehead atoms. The van der Waals surface area contributed by atoms with E-state index in [1.165, 1.54) is 30.6 Å². The molecule has 0 spiro atoms. The summed E-state index contributed by atoms with van der Waals surface area (Å²) in [6, 6.07) is 14.7. The molecule has 176 valence electrons. The van der Waals surface area contributed by atoms with Crippen LogP contribution in [0.3, 0.4) is 0 Å². The van der Waals surface area contributed by atoms with Gasteiger partial charge >= 0.3 is 0 Å². The van der Waals surface area contributed by atoms with Crippen LogP contribution in [-0.4, -0.2) is 23.2 Å². The third kappa shape index (κ3) is 4.95. The molecule has 0 radical (unpaired) electrons. The normalized spacial score (nSPS) is 12.5. The number of sulfonamides is 1. The zero-order chi connectivity index (χ0) is 24.3. The van der Waals surface area contributed by atoms with Crippen molar-refractivity contribution in [3.8, 4) is 0 Å². The van der Waals surface area contributed by atoms with Crippen LogP contribution < -0.4 is 4.31 Å². The minimum atomic E-state index is -4.29. The first-order valence-electron chi connectivity index (χ1n) is 10.4. The summed E-state index contributed by atoms with van der Waals surface area (Å²) in [4.78, 5) is 3.84. The maximum absolute atomic E-state index is 14.9. The van der Waals surface area contributed by atoms with Crippen molar-refractivity contribution in [3.63, 3.8) is 0 Å². The van der Waals surface area contributed by atoms with E-state index in [4.69, 9.17) is 11.6 Å². The van der Waals surface area contributed by atoms with Crippen LogP contribution in [-0.2, 0) is 23.0 Å². The van der Waals surface area contributed by atoms with Crippen LogP contribution in [0.4, 0.5) is 14.5 Å². The predicted molar refractivity (Wildman–Crippen MR) is 126 cm³/mol. The second-order valence-corrected chi connectivity index (χ2v) is 9.89. The number of aromatic nitrogens is 3. The van der Waals surface area contributed by atoms with Gasteiger partial charge in [0.25, 0.3) is 10.0 Å². The van der Waals surface area contributed by atoms with E-state index in [0.29, 0.717) is 23.6 Å². The molecule has 3 aromatic carbocycles. The summed E-state index contributed by atoms with van der Waals surface area (Å²) < 4.78 is 59.2. The Labute approximate surface area is 201 Å².